The van der Waals surface area contributed by atoms with Gasteiger partial charge in [0.1, 0.15) is 0 Å². The summed E-state index contributed by atoms with van der Waals surface area (Å²) >= 11 is 0. The molecule has 0 spiro atoms. The van der Waals surface area contributed by atoms with Crippen LogP contribution in [0.15, 0.2) is 0 Å². The summed E-state index contributed by atoms with van der Waals surface area (Å²) in [6.45, 7) is -6.13. The average molecular weight is 246 g/mol. The van der Waals surface area contributed by atoms with E-state index in [1.807, 2.05) is 0 Å². The Morgan fingerprint density at radius 3 is 1.00 bits per heavy atom. The normalized spacial score (nSPS) is 16.1. The molecule has 15 heavy (non-hydrogen) atoms. The van der Waals surface area contributed by atoms with Crippen LogP contribution in [-0.2, 0) is 0 Å². The molecule has 0 aromatic heterocycles. The first-order valence-corrected chi connectivity index (χ1v) is 7.29. The van der Waals surface area contributed by atoms with Gasteiger partial charge in [0.2, 0.25) is 0 Å². The van der Waals surface area contributed by atoms with Gasteiger partial charge < -0.3 is 0 Å². The van der Waals surface area contributed by atoms with Crippen LogP contribution in [0.1, 0.15) is 0 Å². The summed E-state index contributed by atoms with van der Waals surface area (Å²) in [6.07, 6.45) is -3.47. The molecule has 0 radical (unpaired) electrons. The molecule has 7 N–H and O–H groups in total. The molecule has 0 bridgehead atoms. The SMILES string of the molecule is OCC(O)(CO)P(CO)(CO)(CO)CO. The second kappa shape index (κ2) is 4.99. The average Bonchev–Trinajstić information content (AvgIpc) is 2.33. The van der Waals surface area contributed by atoms with Crippen molar-refractivity contribution in [1.29, 1.82) is 0 Å². The Morgan fingerprint density at radius 1 is 0.667 bits per heavy atom. The molecule has 0 heterocycles. The van der Waals surface area contributed by atoms with E-state index in [4.69, 9.17) is 10.2 Å². The molecule has 0 aromatic rings. The Labute approximate surface area is 87.2 Å². The second-order valence-electron chi connectivity index (χ2n) is 3.84. The molecule has 8 heteroatoms. The quantitative estimate of drug-likeness (QED) is 0.237. The van der Waals surface area contributed by atoms with Crippen molar-refractivity contribution in [3.8, 4) is 0 Å². The van der Waals surface area contributed by atoms with E-state index in [0.717, 1.165) is 0 Å². The van der Waals surface area contributed by atoms with Crippen molar-refractivity contribution in [3.05, 3.63) is 0 Å². The van der Waals surface area contributed by atoms with Crippen LogP contribution in [-0.4, -0.2) is 79.7 Å². The number of rotatable bonds is 7. The molecule has 0 aliphatic heterocycles. The predicted octanol–water partition coefficient (Wildman–Crippen LogP) is -2.99. The van der Waals surface area contributed by atoms with E-state index in [2.05, 4.69) is 0 Å². The van der Waals surface area contributed by atoms with Gasteiger partial charge in [-0.05, 0) is 0 Å². The standard InChI is InChI=1S/C7H19O7P/c8-1-7(14,2-9)15(3-10,4-11,5-12)6-13/h8-14H,1-6H2. The second-order valence-corrected chi connectivity index (χ2v) is 9.75. The molecule has 94 valence electrons. The van der Waals surface area contributed by atoms with Gasteiger partial charge in [0.25, 0.3) is 0 Å². The summed E-state index contributed by atoms with van der Waals surface area (Å²) in [5.41, 5.74) is 0. The van der Waals surface area contributed by atoms with Gasteiger partial charge in [-0.15, -0.1) is 0 Å². The zero-order chi connectivity index (χ0) is 12.2. The van der Waals surface area contributed by atoms with Gasteiger partial charge >= 0.3 is 86.3 Å². The fourth-order valence-electron chi connectivity index (χ4n) is 1.24. The third kappa shape index (κ3) is 1.79. The summed E-state index contributed by atoms with van der Waals surface area (Å²) in [6, 6.07) is 0. The molecular weight excluding hydrogens is 227 g/mol. The molecule has 0 unspecified atom stereocenters. The molecule has 0 rings (SSSR count). The third-order valence-corrected chi connectivity index (χ3v) is 8.77. The molecule has 0 aliphatic carbocycles. The molecule has 0 aliphatic rings. The van der Waals surface area contributed by atoms with E-state index in [1.54, 1.807) is 0 Å². The molecular formula is C7H19O7P. The summed E-state index contributed by atoms with van der Waals surface area (Å²) in [5.74, 6) is 0. The van der Waals surface area contributed by atoms with Crippen LogP contribution in [0.3, 0.4) is 0 Å². The van der Waals surface area contributed by atoms with E-state index >= 15 is 0 Å². The van der Waals surface area contributed by atoms with Gasteiger partial charge in [-0.25, -0.2) is 0 Å². The maximum atomic E-state index is 9.91. The van der Waals surface area contributed by atoms with Crippen molar-refractivity contribution in [2.45, 2.75) is 5.34 Å². The van der Waals surface area contributed by atoms with E-state index in [0.29, 0.717) is 0 Å². The monoisotopic (exact) mass is 246 g/mol. The minimum absolute atomic E-state index is 0.868. The Bertz CT molecular complexity index is 178. The van der Waals surface area contributed by atoms with E-state index in [-0.39, 0.29) is 0 Å². The van der Waals surface area contributed by atoms with Crippen LogP contribution in [0, 0.1) is 0 Å². The van der Waals surface area contributed by atoms with Crippen LogP contribution in [0.2, 0.25) is 0 Å². The van der Waals surface area contributed by atoms with Gasteiger partial charge in [0, 0.05) is 0 Å². The molecule has 0 fully saturated rings. The fraction of sp³-hybridized carbons (Fsp3) is 1.00. The maximum absolute atomic E-state index is 9.91. The summed E-state index contributed by atoms with van der Waals surface area (Å²) in [7, 11) is 0. The van der Waals surface area contributed by atoms with Crippen molar-refractivity contribution < 1.29 is 35.7 Å². The zero-order valence-corrected chi connectivity index (χ0v) is 9.21. The summed E-state index contributed by atoms with van der Waals surface area (Å²) in [5, 5.41) is 62.5. The van der Waals surface area contributed by atoms with Gasteiger partial charge in [0.15, 0.2) is 0 Å². The zero-order valence-electron chi connectivity index (χ0n) is 8.32. The van der Waals surface area contributed by atoms with E-state index < -0.39 is 50.6 Å². The fourth-order valence-corrected chi connectivity index (χ4v) is 3.63. The molecule has 7 nitrogen and oxygen atoms in total. The third-order valence-electron chi connectivity index (χ3n) is 3.17. The Balaban J connectivity index is 5.61. The predicted molar refractivity (Wildman–Crippen MR) is 54.4 cm³/mol. The van der Waals surface area contributed by atoms with Gasteiger partial charge in [-0.1, -0.05) is 0 Å². The van der Waals surface area contributed by atoms with Crippen molar-refractivity contribution in [1.82, 2.24) is 0 Å². The molecule has 0 amide bonds. The van der Waals surface area contributed by atoms with Crippen molar-refractivity contribution in [2.24, 2.45) is 0 Å². The number of hydrogen-bond acceptors (Lipinski definition) is 7. The van der Waals surface area contributed by atoms with E-state index in [9.17, 15) is 25.5 Å². The van der Waals surface area contributed by atoms with E-state index in [1.165, 1.54) is 0 Å². The van der Waals surface area contributed by atoms with Crippen LogP contribution < -0.4 is 0 Å². The van der Waals surface area contributed by atoms with Crippen LogP contribution in [0.4, 0.5) is 0 Å². The number of aliphatic hydroxyl groups is 7. The van der Waals surface area contributed by atoms with Crippen molar-refractivity contribution >= 4 is 6.60 Å². The van der Waals surface area contributed by atoms with Crippen LogP contribution in [0.5, 0.6) is 0 Å². The molecule has 0 aromatic carbocycles. The number of hydrogen-bond donors (Lipinski definition) is 7. The van der Waals surface area contributed by atoms with Crippen LogP contribution >= 0.6 is 6.60 Å². The molecule has 0 saturated carbocycles. The summed E-state index contributed by atoms with van der Waals surface area (Å²) < 4.78 is 0. The van der Waals surface area contributed by atoms with Gasteiger partial charge in [-0.2, -0.15) is 0 Å². The molecule has 0 saturated heterocycles. The van der Waals surface area contributed by atoms with Crippen molar-refractivity contribution in [3.63, 3.8) is 0 Å². The first-order valence-electron chi connectivity index (χ1n) is 4.32. The van der Waals surface area contributed by atoms with Crippen molar-refractivity contribution in [2.75, 3.05) is 38.6 Å². The topological polar surface area (TPSA) is 142 Å². The first-order chi connectivity index (χ1) is 6.94. The Morgan fingerprint density at radius 2 is 0.933 bits per heavy atom. The molecule has 0 atom stereocenters. The number of aliphatic hydroxyl groups excluding tert-OH is 6. The van der Waals surface area contributed by atoms with Crippen LogP contribution in [0.25, 0.3) is 0 Å². The van der Waals surface area contributed by atoms with Gasteiger partial charge in [-0.3, -0.25) is 0 Å². The first kappa shape index (κ1) is 15.2. The Hall–Kier alpha value is 0.150. The Kier molecular flexibility index (Phi) is 5.04. The van der Waals surface area contributed by atoms with Gasteiger partial charge in [0.05, 0.1) is 0 Å². The summed E-state index contributed by atoms with van der Waals surface area (Å²) in [4.78, 5) is 0. The minimum atomic E-state index is -4.20.